The molecule has 0 unspecified atom stereocenters. The van der Waals surface area contributed by atoms with Crippen LogP contribution in [0.1, 0.15) is 92.9 Å². The van der Waals surface area contributed by atoms with Crippen molar-refractivity contribution >= 4 is 28.2 Å². The number of carbonyl (C=O) groups excluding carboxylic acids is 2. The summed E-state index contributed by atoms with van der Waals surface area (Å²) in [6.45, 7) is 6.32. The van der Waals surface area contributed by atoms with Crippen molar-refractivity contribution in [2.75, 3.05) is 11.9 Å². The molecule has 0 aliphatic heterocycles. The first-order chi connectivity index (χ1) is 14.0. The lowest BCUT2D eigenvalue weighted by atomic mass is 9.88. The predicted octanol–water partition coefficient (Wildman–Crippen LogP) is 5.08. The van der Waals surface area contributed by atoms with E-state index < -0.39 is 0 Å². The van der Waals surface area contributed by atoms with Crippen molar-refractivity contribution in [1.82, 2.24) is 5.32 Å². The number of hydrogen-bond donors (Lipinski definition) is 2. The third-order valence-electron chi connectivity index (χ3n) is 6.21. The number of rotatable bonds is 6. The van der Waals surface area contributed by atoms with Gasteiger partial charge in [-0.1, -0.05) is 39.0 Å². The fourth-order valence-electron chi connectivity index (χ4n) is 4.53. The Morgan fingerprint density at radius 2 is 1.83 bits per heavy atom. The number of nitrogens with one attached hydrogen (secondary N) is 2. The van der Waals surface area contributed by atoms with E-state index in [2.05, 4.69) is 17.6 Å². The van der Waals surface area contributed by atoms with Crippen LogP contribution in [0, 0.1) is 5.92 Å². The first-order valence-electron chi connectivity index (χ1n) is 11.4. The largest absolute Gasteiger partial charge is 0.462 e. The van der Waals surface area contributed by atoms with Crippen molar-refractivity contribution in [3.8, 4) is 0 Å². The van der Waals surface area contributed by atoms with Gasteiger partial charge < -0.3 is 15.4 Å². The zero-order valence-corrected chi connectivity index (χ0v) is 19.0. The van der Waals surface area contributed by atoms with Crippen molar-refractivity contribution in [3.05, 3.63) is 16.0 Å². The summed E-state index contributed by atoms with van der Waals surface area (Å²) in [7, 11) is 0. The second-order valence-electron chi connectivity index (χ2n) is 8.70. The quantitative estimate of drug-likeness (QED) is 0.630. The molecule has 2 aliphatic rings. The fourth-order valence-corrected chi connectivity index (χ4v) is 5.93. The summed E-state index contributed by atoms with van der Waals surface area (Å²) in [4.78, 5) is 26.8. The molecule has 1 aromatic heterocycles. The predicted molar refractivity (Wildman–Crippen MR) is 119 cm³/mol. The minimum atomic E-state index is -0.310. The Kier molecular flexibility index (Phi) is 8.13. The van der Waals surface area contributed by atoms with E-state index >= 15 is 0 Å². The summed E-state index contributed by atoms with van der Waals surface area (Å²) in [5.41, 5.74) is 1.67. The zero-order chi connectivity index (χ0) is 20.8. The van der Waals surface area contributed by atoms with Crippen LogP contribution >= 0.6 is 11.3 Å². The molecule has 0 saturated heterocycles. The van der Waals surface area contributed by atoms with Gasteiger partial charge in [-0.15, -0.1) is 11.3 Å². The molecule has 2 atom stereocenters. The molecule has 162 valence electrons. The molecule has 1 fully saturated rings. The first kappa shape index (κ1) is 22.3. The van der Waals surface area contributed by atoms with Gasteiger partial charge in [0.2, 0.25) is 5.91 Å². The third kappa shape index (κ3) is 5.82. The Morgan fingerprint density at radius 3 is 2.52 bits per heavy atom. The van der Waals surface area contributed by atoms with Gasteiger partial charge >= 0.3 is 5.97 Å². The summed E-state index contributed by atoms with van der Waals surface area (Å²) in [6.07, 6.45) is 11.6. The van der Waals surface area contributed by atoms with Crippen molar-refractivity contribution in [3.63, 3.8) is 0 Å². The monoisotopic (exact) mass is 420 g/mol. The number of fused-ring (bicyclic) bond motifs is 1. The maximum atomic E-state index is 12.9. The number of esters is 1. The molecule has 29 heavy (non-hydrogen) atoms. The molecule has 5 nitrogen and oxygen atoms in total. The summed E-state index contributed by atoms with van der Waals surface area (Å²) in [5, 5.41) is 7.25. The number of thiophene rings is 1. The Balaban J connectivity index is 1.70. The molecule has 0 radical (unpaired) electrons. The molecule has 1 saturated carbocycles. The van der Waals surface area contributed by atoms with Gasteiger partial charge in [-0.2, -0.15) is 0 Å². The Hall–Kier alpha value is -1.40. The lowest BCUT2D eigenvalue weighted by molar-refractivity contribution is -0.118. The van der Waals surface area contributed by atoms with E-state index in [9.17, 15) is 9.59 Å². The van der Waals surface area contributed by atoms with Gasteiger partial charge in [0.1, 0.15) is 5.00 Å². The number of hydrogen-bond acceptors (Lipinski definition) is 5. The van der Waals surface area contributed by atoms with E-state index in [1.54, 1.807) is 11.3 Å². The normalized spacial score (nSPS) is 21.6. The topological polar surface area (TPSA) is 67.4 Å². The summed E-state index contributed by atoms with van der Waals surface area (Å²) >= 11 is 1.56. The second-order valence-corrected chi connectivity index (χ2v) is 9.80. The van der Waals surface area contributed by atoms with Crippen LogP contribution in [-0.4, -0.2) is 30.6 Å². The highest BCUT2D eigenvalue weighted by Crippen LogP contribution is 2.40. The molecule has 0 aromatic carbocycles. The second kappa shape index (κ2) is 10.6. The number of ether oxygens (including phenoxy) is 1. The third-order valence-corrected chi connectivity index (χ3v) is 7.38. The molecular weight excluding hydrogens is 384 g/mol. The van der Waals surface area contributed by atoms with Gasteiger partial charge in [0, 0.05) is 10.9 Å². The average Bonchev–Trinajstić information content (AvgIpc) is 3.00. The van der Waals surface area contributed by atoms with E-state index in [0.717, 1.165) is 37.7 Å². The molecular formula is C23H36N2O3S. The van der Waals surface area contributed by atoms with Crippen LogP contribution < -0.4 is 10.6 Å². The lowest BCUT2D eigenvalue weighted by Crippen LogP contribution is -2.44. The van der Waals surface area contributed by atoms with E-state index in [0.29, 0.717) is 29.1 Å². The molecule has 3 rings (SSSR count). The molecule has 0 bridgehead atoms. The van der Waals surface area contributed by atoms with E-state index in [1.165, 1.54) is 37.0 Å². The first-order valence-corrected chi connectivity index (χ1v) is 12.2. The SMILES string of the molecule is CCOC(=O)c1c(NC(=O)[C@H](C)NC2CCCCCCC2)sc2c1CC[C@@H](C)C2. The molecule has 1 heterocycles. The smallest absolute Gasteiger partial charge is 0.341 e. The molecule has 2 N–H and O–H groups in total. The molecule has 0 spiro atoms. The fraction of sp³-hybridized carbons (Fsp3) is 0.739. The number of carbonyl (C=O) groups is 2. The van der Waals surface area contributed by atoms with Crippen LogP contribution in [0.5, 0.6) is 0 Å². The van der Waals surface area contributed by atoms with Crippen molar-refractivity contribution in [2.45, 2.75) is 97.1 Å². The lowest BCUT2D eigenvalue weighted by Gasteiger charge is -2.24. The highest BCUT2D eigenvalue weighted by Gasteiger charge is 2.30. The van der Waals surface area contributed by atoms with E-state index in [4.69, 9.17) is 4.74 Å². The van der Waals surface area contributed by atoms with E-state index in [-0.39, 0.29) is 17.9 Å². The standard InChI is InChI=1S/C23H36N2O3S/c1-4-28-23(27)20-18-13-12-15(2)14-19(18)29-22(20)25-21(26)16(3)24-17-10-8-6-5-7-9-11-17/h15-17,24H,4-14H2,1-3H3,(H,25,26)/t15-,16+/m1/s1. The Morgan fingerprint density at radius 1 is 1.14 bits per heavy atom. The molecule has 2 aliphatic carbocycles. The van der Waals surface area contributed by atoms with Crippen molar-refractivity contribution in [2.24, 2.45) is 5.92 Å². The van der Waals surface area contributed by atoms with Crippen LogP contribution in [0.4, 0.5) is 5.00 Å². The average molecular weight is 421 g/mol. The number of amides is 1. The van der Waals surface area contributed by atoms with Crippen LogP contribution in [0.15, 0.2) is 0 Å². The number of anilines is 1. The highest BCUT2D eigenvalue weighted by atomic mass is 32.1. The van der Waals surface area contributed by atoms with Crippen LogP contribution in [-0.2, 0) is 22.4 Å². The zero-order valence-electron chi connectivity index (χ0n) is 18.1. The van der Waals surface area contributed by atoms with Crippen LogP contribution in [0.2, 0.25) is 0 Å². The maximum Gasteiger partial charge on any atom is 0.341 e. The highest BCUT2D eigenvalue weighted by molar-refractivity contribution is 7.17. The summed E-state index contributed by atoms with van der Waals surface area (Å²) < 4.78 is 5.31. The molecule has 6 heteroatoms. The summed E-state index contributed by atoms with van der Waals surface area (Å²) in [6, 6.07) is 0.116. The van der Waals surface area contributed by atoms with Gasteiger partial charge in [0.25, 0.3) is 0 Å². The summed E-state index contributed by atoms with van der Waals surface area (Å²) in [5.74, 6) is 0.236. The van der Waals surface area contributed by atoms with Gasteiger partial charge in [-0.3, -0.25) is 4.79 Å². The van der Waals surface area contributed by atoms with Gasteiger partial charge in [0.15, 0.2) is 0 Å². The Labute approximate surface area is 179 Å². The molecule has 1 aromatic rings. The minimum Gasteiger partial charge on any atom is -0.462 e. The van der Waals surface area contributed by atoms with Crippen LogP contribution in [0.25, 0.3) is 0 Å². The van der Waals surface area contributed by atoms with E-state index in [1.807, 2.05) is 13.8 Å². The van der Waals surface area contributed by atoms with Crippen molar-refractivity contribution < 1.29 is 14.3 Å². The van der Waals surface area contributed by atoms with Gasteiger partial charge in [0.05, 0.1) is 18.2 Å². The van der Waals surface area contributed by atoms with Crippen molar-refractivity contribution in [1.29, 1.82) is 0 Å². The molecule has 1 amide bonds. The maximum absolute atomic E-state index is 12.9. The Bertz CT molecular complexity index is 707. The minimum absolute atomic E-state index is 0.0655. The van der Waals surface area contributed by atoms with Gasteiger partial charge in [-0.05, 0) is 57.4 Å². The van der Waals surface area contributed by atoms with Gasteiger partial charge in [-0.25, -0.2) is 4.79 Å². The van der Waals surface area contributed by atoms with Crippen LogP contribution in [0.3, 0.4) is 0 Å².